The molecule has 1 aromatic rings. The Morgan fingerprint density at radius 1 is 1.44 bits per heavy atom. The van der Waals surface area contributed by atoms with Gasteiger partial charge >= 0.3 is 5.97 Å². The smallest absolute Gasteiger partial charge is 0.325 e. The van der Waals surface area contributed by atoms with E-state index in [4.69, 9.17) is 10.6 Å². The van der Waals surface area contributed by atoms with Crippen LogP contribution in [0, 0.1) is 0 Å². The minimum absolute atomic E-state index is 0.0194. The van der Waals surface area contributed by atoms with Crippen LogP contribution in [-0.4, -0.2) is 36.2 Å². The summed E-state index contributed by atoms with van der Waals surface area (Å²) < 4.78 is 9.72. The molecule has 0 aliphatic rings. The molecule has 0 radical (unpaired) electrons. The quantitative estimate of drug-likeness (QED) is 0.351. The molecule has 1 aromatic heterocycles. The molecule has 0 bridgehead atoms. The van der Waals surface area contributed by atoms with Crippen molar-refractivity contribution in [2.75, 3.05) is 31.0 Å². The first-order valence-electron chi connectivity index (χ1n) is 5.42. The van der Waals surface area contributed by atoms with Crippen LogP contribution in [0.25, 0.3) is 0 Å². The van der Waals surface area contributed by atoms with E-state index in [1.165, 1.54) is 7.11 Å². The Hall–Kier alpha value is -1.93. The van der Waals surface area contributed by atoms with Gasteiger partial charge in [0.05, 0.1) is 7.11 Å². The Balaban J connectivity index is 2.73. The van der Waals surface area contributed by atoms with Gasteiger partial charge in [-0.15, -0.1) is 0 Å². The van der Waals surface area contributed by atoms with Crippen LogP contribution in [0.1, 0.15) is 12.7 Å². The highest BCUT2D eigenvalue weighted by molar-refractivity contribution is 5.74. The third-order valence-corrected chi connectivity index (χ3v) is 2.00. The number of carbonyl (C=O) groups excluding carboxylic acids is 1. The summed E-state index contributed by atoms with van der Waals surface area (Å²) in [4.78, 5) is 19.3. The zero-order chi connectivity index (χ0) is 13.4. The molecule has 0 amide bonds. The Kier molecular flexibility index (Phi) is 5.81. The summed E-state index contributed by atoms with van der Waals surface area (Å²) in [5.41, 5.74) is 2.42. The zero-order valence-electron chi connectivity index (χ0n) is 10.4. The number of hydrogen-bond donors (Lipinski definition) is 3. The van der Waals surface area contributed by atoms with E-state index in [9.17, 15) is 4.79 Å². The monoisotopic (exact) mass is 255 g/mol. The predicted molar refractivity (Wildman–Crippen MR) is 65.7 cm³/mol. The van der Waals surface area contributed by atoms with Crippen LogP contribution in [0.15, 0.2) is 6.07 Å². The first kappa shape index (κ1) is 14.1. The van der Waals surface area contributed by atoms with Gasteiger partial charge in [-0.1, -0.05) is 0 Å². The second-order valence-electron chi connectivity index (χ2n) is 3.27. The van der Waals surface area contributed by atoms with Crippen molar-refractivity contribution in [1.82, 2.24) is 9.97 Å². The van der Waals surface area contributed by atoms with Crippen LogP contribution in [0.5, 0.6) is 0 Å². The lowest BCUT2D eigenvalue weighted by Crippen LogP contribution is -2.17. The van der Waals surface area contributed by atoms with E-state index in [2.05, 4.69) is 25.4 Å². The Bertz CT molecular complexity index is 399. The van der Waals surface area contributed by atoms with E-state index in [1.54, 1.807) is 6.07 Å². The van der Waals surface area contributed by atoms with Gasteiger partial charge in [0.1, 0.15) is 24.8 Å². The van der Waals surface area contributed by atoms with Crippen molar-refractivity contribution in [3.63, 3.8) is 0 Å². The van der Waals surface area contributed by atoms with Gasteiger partial charge in [-0.25, -0.2) is 15.8 Å². The van der Waals surface area contributed by atoms with Crippen molar-refractivity contribution in [3.05, 3.63) is 11.9 Å². The molecule has 0 atom stereocenters. The number of methoxy groups -OCH3 is 1. The fraction of sp³-hybridized carbons (Fsp3) is 0.500. The van der Waals surface area contributed by atoms with Gasteiger partial charge < -0.3 is 20.2 Å². The van der Waals surface area contributed by atoms with Crippen LogP contribution in [-0.2, 0) is 20.9 Å². The molecule has 0 aliphatic carbocycles. The predicted octanol–water partition coefficient (Wildman–Crippen LogP) is -0.116. The summed E-state index contributed by atoms with van der Waals surface area (Å²) in [6.07, 6.45) is 0. The van der Waals surface area contributed by atoms with E-state index in [0.29, 0.717) is 24.1 Å². The third-order valence-electron chi connectivity index (χ3n) is 2.00. The highest BCUT2D eigenvalue weighted by Gasteiger charge is 2.06. The summed E-state index contributed by atoms with van der Waals surface area (Å²) in [6.45, 7) is 2.74. The lowest BCUT2D eigenvalue weighted by molar-refractivity contribution is -0.138. The summed E-state index contributed by atoms with van der Waals surface area (Å²) in [7, 11) is 1.32. The number of esters is 1. The van der Waals surface area contributed by atoms with E-state index >= 15 is 0 Å². The zero-order valence-corrected chi connectivity index (χ0v) is 10.4. The van der Waals surface area contributed by atoms with Crippen LogP contribution in [0.4, 0.5) is 11.6 Å². The number of nitrogens with two attached hydrogens (primary N) is 1. The lowest BCUT2D eigenvalue weighted by Gasteiger charge is -2.09. The number of hydrazine groups is 1. The third kappa shape index (κ3) is 4.52. The fourth-order valence-electron chi connectivity index (χ4n) is 1.15. The maximum Gasteiger partial charge on any atom is 0.325 e. The van der Waals surface area contributed by atoms with Crippen molar-refractivity contribution in [2.24, 2.45) is 5.84 Å². The number of nitrogen functional groups attached to an aromatic ring is 1. The van der Waals surface area contributed by atoms with Crippen molar-refractivity contribution >= 4 is 17.6 Å². The Labute approximate surface area is 105 Å². The number of hydrogen-bond acceptors (Lipinski definition) is 8. The van der Waals surface area contributed by atoms with Gasteiger partial charge in [0.25, 0.3) is 0 Å². The van der Waals surface area contributed by atoms with Crippen LogP contribution >= 0.6 is 0 Å². The van der Waals surface area contributed by atoms with Crippen LogP contribution in [0.3, 0.4) is 0 Å². The number of nitrogens with zero attached hydrogens (tertiary/aromatic N) is 2. The number of rotatable bonds is 7. The van der Waals surface area contributed by atoms with Gasteiger partial charge in [0.2, 0.25) is 0 Å². The van der Waals surface area contributed by atoms with E-state index in [0.717, 1.165) is 0 Å². The molecule has 18 heavy (non-hydrogen) atoms. The molecule has 0 aromatic carbocycles. The molecule has 1 heterocycles. The van der Waals surface area contributed by atoms with Crippen molar-refractivity contribution in [3.8, 4) is 0 Å². The van der Waals surface area contributed by atoms with E-state index < -0.39 is 0 Å². The molecule has 0 saturated carbocycles. The van der Waals surface area contributed by atoms with Gasteiger partial charge in [0, 0.05) is 12.7 Å². The van der Waals surface area contributed by atoms with Gasteiger partial charge in [-0.3, -0.25) is 4.79 Å². The number of ether oxygens (including phenoxy) is 2. The van der Waals surface area contributed by atoms with E-state index in [-0.39, 0.29) is 19.1 Å². The first-order valence-corrected chi connectivity index (χ1v) is 5.42. The van der Waals surface area contributed by atoms with E-state index in [1.807, 2.05) is 6.92 Å². The van der Waals surface area contributed by atoms with Crippen molar-refractivity contribution in [2.45, 2.75) is 13.5 Å². The second-order valence-corrected chi connectivity index (χ2v) is 3.27. The lowest BCUT2D eigenvalue weighted by atomic mass is 10.4. The van der Waals surface area contributed by atoms with Gasteiger partial charge in [-0.05, 0) is 6.92 Å². The largest absolute Gasteiger partial charge is 0.468 e. The number of anilines is 2. The number of carbonyl (C=O) groups is 1. The molecule has 1 rings (SSSR count). The van der Waals surface area contributed by atoms with Crippen molar-refractivity contribution < 1.29 is 14.3 Å². The molecule has 0 aliphatic heterocycles. The molecule has 100 valence electrons. The first-order chi connectivity index (χ1) is 8.69. The normalized spacial score (nSPS) is 9.94. The standard InChI is InChI=1S/C10H17N5O3/c1-3-18-6-9-13-7(4-8(14-9)15-11)12-5-10(16)17-2/h4H,3,5-6,11H2,1-2H3,(H2,12,13,14,15). The number of nitrogens with one attached hydrogen (secondary N) is 2. The van der Waals surface area contributed by atoms with Gasteiger partial charge in [-0.2, -0.15) is 0 Å². The maximum atomic E-state index is 11.0. The SMILES string of the molecule is CCOCc1nc(NN)cc(NCC(=O)OC)n1. The maximum absolute atomic E-state index is 11.0. The summed E-state index contributed by atoms with van der Waals surface area (Å²) >= 11 is 0. The highest BCUT2D eigenvalue weighted by Crippen LogP contribution is 2.10. The summed E-state index contributed by atoms with van der Waals surface area (Å²) in [5.74, 6) is 6.29. The molecular weight excluding hydrogens is 238 g/mol. The highest BCUT2D eigenvalue weighted by atomic mass is 16.5. The van der Waals surface area contributed by atoms with Gasteiger partial charge in [0.15, 0.2) is 5.82 Å². The fourth-order valence-corrected chi connectivity index (χ4v) is 1.15. The average molecular weight is 255 g/mol. The Morgan fingerprint density at radius 3 is 2.78 bits per heavy atom. The summed E-state index contributed by atoms with van der Waals surface area (Å²) in [6, 6.07) is 1.58. The minimum atomic E-state index is -0.387. The molecule has 0 spiro atoms. The second kappa shape index (κ2) is 7.41. The summed E-state index contributed by atoms with van der Waals surface area (Å²) in [5, 5.41) is 2.81. The molecule has 0 saturated heterocycles. The molecule has 0 fully saturated rings. The van der Waals surface area contributed by atoms with Crippen LogP contribution < -0.4 is 16.6 Å². The molecule has 4 N–H and O–H groups in total. The molecule has 0 unspecified atom stereocenters. The molecule has 8 nitrogen and oxygen atoms in total. The Morgan fingerprint density at radius 2 is 2.17 bits per heavy atom. The number of aromatic nitrogens is 2. The van der Waals surface area contributed by atoms with Crippen molar-refractivity contribution in [1.29, 1.82) is 0 Å². The van der Waals surface area contributed by atoms with Crippen LogP contribution in [0.2, 0.25) is 0 Å². The molecular formula is C10H17N5O3. The topological polar surface area (TPSA) is 111 Å². The molecule has 8 heteroatoms. The average Bonchev–Trinajstić information content (AvgIpc) is 2.42. The minimum Gasteiger partial charge on any atom is -0.468 e.